The largest absolute Gasteiger partial charge is 0.443 e. The van der Waals surface area contributed by atoms with Gasteiger partial charge in [0.1, 0.15) is 6.10 Å². The lowest BCUT2D eigenvalue weighted by molar-refractivity contribution is 0.0538. The van der Waals surface area contributed by atoms with Crippen molar-refractivity contribution >= 4 is 6.09 Å². The van der Waals surface area contributed by atoms with Crippen molar-refractivity contribution in [2.75, 3.05) is 6.61 Å². The van der Waals surface area contributed by atoms with E-state index in [0.29, 0.717) is 6.42 Å². The number of aliphatic hydroxyl groups excluding tert-OH is 1. The van der Waals surface area contributed by atoms with Gasteiger partial charge < -0.3 is 15.2 Å². The van der Waals surface area contributed by atoms with E-state index in [0.717, 1.165) is 5.56 Å². The van der Waals surface area contributed by atoms with Crippen LogP contribution in [0.1, 0.15) is 26.3 Å². The SMILES string of the molecule is CC(C)(C)NC(=O)OC(CO)Cc1ccncc1. The number of hydrogen-bond acceptors (Lipinski definition) is 4. The van der Waals surface area contributed by atoms with Gasteiger partial charge in [-0.3, -0.25) is 4.98 Å². The maximum absolute atomic E-state index is 11.6. The Morgan fingerprint density at radius 2 is 2.06 bits per heavy atom. The summed E-state index contributed by atoms with van der Waals surface area (Å²) < 4.78 is 5.16. The number of carbonyl (C=O) groups is 1. The van der Waals surface area contributed by atoms with Crippen LogP contribution in [0.25, 0.3) is 0 Å². The van der Waals surface area contributed by atoms with E-state index >= 15 is 0 Å². The average molecular weight is 252 g/mol. The highest BCUT2D eigenvalue weighted by molar-refractivity contribution is 5.68. The van der Waals surface area contributed by atoms with Crippen molar-refractivity contribution in [2.45, 2.75) is 38.8 Å². The maximum atomic E-state index is 11.6. The number of nitrogens with one attached hydrogen (secondary N) is 1. The van der Waals surface area contributed by atoms with Crippen LogP contribution >= 0.6 is 0 Å². The van der Waals surface area contributed by atoms with Gasteiger partial charge in [-0.05, 0) is 38.5 Å². The second-order valence-corrected chi connectivity index (χ2v) is 5.14. The van der Waals surface area contributed by atoms with Gasteiger partial charge in [0.25, 0.3) is 0 Å². The third-order valence-electron chi connectivity index (χ3n) is 2.17. The van der Waals surface area contributed by atoms with Crippen LogP contribution in [0.4, 0.5) is 4.79 Å². The lowest BCUT2D eigenvalue weighted by Crippen LogP contribution is -2.43. The molecule has 1 heterocycles. The average Bonchev–Trinajstić information content (AvgIpc) is 2.27. The summed E-state index contributed by atoms with van der Waals surface area (Å²) in [5.74, 6) is 0. The van der Waals surface area contributed by atoms with Crippen molar-refractivity contribution in [2.24, 2.45) is 0 Å². The Morgan fingerprint density at radius 3 is 2.56 bits per heavy atom. The number of hydrogen-bond donors (Lipinski definition) is 2. The highest BCUT2D eigenvalue weighted by Crippen LogP contribution is 2.06. The molecule has 0 aliphatic rings. The smallest absolute Gasteiger partial charge is 0.407 e. The Bertz CT molecular complexity index is 374. The molecule has 1 rings (SSSR count). The number of nitrogens with zero attached hydrogens (tertiary/aromatic N) is 1. The van der Waals surface area contributed by atoms with E-state index in [1.165, 1.54) is 0 Å². The summed E-state index contributed by atoms with van der Waals surface area (Å²) in [5, 5.41) is 11.9. The summed E-state index contributed by atoms with van der Waals surface area (Å²) in [7, 11) is 0. The Balaban J connectivity index is 2.50. The van der Waals surface area contributed by atoms with Crippen molar-refractivity contribution in [1.82, 2.24) is 10.3 Å². The summed E-state index contributed by atoms with van der Waals surface area (Å²) in [5.41, 5.74) is 0.612. The van der Waals surface area contributed by atoms with Crippen LogP contribution in [-0.2, 0) is 11.2 Å². The molecule has 0 saturated heterocycles. The Hall–Kier alpha value is -1.62. The van der Waals surface area contributed by atoms with Crippen molar-refractivity contribution in [1.29, 1.82) is 0 Å². The molecule has 1 aromatic heterocycles. The lowest BCUT2D eigenvalue weighted by atomic mass is 10.1. The molecule has 0 aliphatic carbocycles. The summed E-state index contributed by atoms with van der Waals surface area (Å²) in [6, 6.07) is 3.65. The van der Waals surface area contributed by atoms with Crippen molar-refractivity contribution < 1.29 is 14.6 Å². The lowest BCUT2D eigenvalue weighted by Gasteiger charge is -2.22. The molecule has 5 heteroatoms. The molecule has 18 heavy (non-hydrogen) atoms. The number of aliphatic hydroxyl groups is 1. The van der Waals surface area contributed by atoms with Crippen LogP contribution in [0.3, 0.4) is 0 Å². The Labute approximate surface area is 107 Å². The molecule has 0 spiro atoms. The molecular weight excluding hydrogens is 232 g/mol. The number of pyridine rings is 1. The van der Waals surface area contributed by atoms with Crippen molar-refractivity contribution in [3.63, 3.8) is 0 Å². The first-order chi connectivity index (χ1) is 8.40. The zero-order chi connectivity index (χ0) is 13.6. The predicted octanol–water partition coefficient (Wildman–Crippen LogP) is 1.51. The van der Waals surface area contributed by atoms with Crippen molar-refractivity contribution in [3.8, 4) is 0 Å². The monoisotopic (exact) mass is 252 g/mol. The molecule has 1 atom stereocenters. The number of alkyl carbamates (subject to hydrolysis) is 1. The van der Waals surface area contributed by atoms with Gasteiger partial charge in [-0.2, -0.15) is 0 Å². The Kier molecular flexibility index (Phi) is 5.09. The van der Waals surface area contributed by atoms with E-state index in [1.54, 1.807) is 12.4 Å². The molecule has 0 fully saturated rings. The van der Waals surface area contributed by atoms with Gasteiger partial charge in [0.05, 0.1) is 6.61 Å². The number of amides is 1. The first kappa shape index (κ1) is 14.4. The predicted molar refractivity (Wildman–Crippen MR) is 68.2 cm³/mol. The fraction of sp³-hybridized carbons (Fsp3) is 0.538. The van der Waals surface area contributed by atoms with Gasteiger partial charge in [0.15, 0.2) is 0 Å². The molecule has 0 aliphatic heterocycles. The third kappa shape index (κ3) is 5.63. The topological polar surface area (TPSA) is 71.5 Å². The van der Waals surface area contributed by atoms with Gasteiger partial charge in [-0.1, -0.05) is 0 Å². The maximum Gasteiger partial charge on any atom is 0.407 e. The molecule has 5 nitrogen and oxygen atoms in total. The normalized spacial score (nSPS) is 12.9. The zero-order valence-electron chi connectivity index (χ0n) is 11.0. The van der Waals surface area contributed by atoms with Crippen LogP contribution in [0.5, 0.6) is 0 Å². The minimum atomic E-state index is -0.547. The van der Waals surface area contributed by atoms with E-state index in [1.807, 2.05) is 32.9 Å². The van der Waals surface area contributed by atoms with Gasteiger partial charge in [0.2, 0.25) is 0 Å². The highest BCUT2D eigenvalue weighted by atomic mass is 16.6. The number of rotatable bonds is 4. The van der Waals surface area contributed by atoms with E-state index in [4.69, 9.17) is 4.74 Å². The van der Waals surface area contributed by atoms with E-state index in [-0.39, 0.29) is 12.1 Å². The Morgan fingerprint density at radius 1 is 1.44 bits per heavy atom. The minimum absolute atomic E-state index is 0.208. The molecule has 1 unspecified atom stereocenters. The fourth-order valence-electron chi connectivity index (χ4n) is 1.41. The second-order valence-electron chi connectivity index (χ2n) is 5.14. The molecule has 1 aromatic rings. The molecule has 0 aromatic carbocycles. The van der Waals surface area contributed by atoms with E-state index in [2.05, 4.69) is 10.3 Å². The summed E-state index contributed by atoms with van der Waals surface area (Å²) >= 11 is 0. The van der Waals surface area contributed by atoms with Crippen LogP contribution in [-0.4, -0.2) is 34.4 Å². The second kappa shape index (κ2) is 6.35. The summed E-state index contributed by atoms with van der Waals surface area (Å²) in [6.07, 6.45) is 2.74. The van der Waals surface area contributed by atoms with Crippen LogP contribution in [0.2, 0.25) is 0 Å². The van der Waals surface area contributed by atoms with Gasteiger partial charge in [0, 0.05) is 24.4 Å². The molecule has 1 amide bonds. The van der Waals surface area contributed by atoms with Crippen LogP contribution in [0, 0.1) is 0 Å². The van der Waals surface area contributed by atoms with Crippen LogP contribution < -0.4 is 5.32 Å². The first-order valence-corrected chi connectivity index (χ1v) is 5.89. The van der Waals surface area contributed by atoms with Crippen LogP contribution in [0.15, 0.2) is 24.5 Å². The number of carbonyl (C=O) groups excluding carboxylic acids is 1. The molecule has 0 bridgehead atoms. The highest BCUT2D eigenvalue weighted by Gasteiger charge is 2.19. The van der Waals surface area contributed by atoms with E-state index in [9.17, 15) is 9.90 Å². The first-order valence-electron chi connectivity index (χ1n) is 5.89. The molecule has 0 saturated carbocycles. The number of aromatic nitrogens is 1. The summed E-state index contributed by atoms with van der Waals surface area (Å²) in [6.45, 7) is 5.39. The molecule has 0 radical (unpaired) electrons. The fourth-order valence-corrected chi connectivity index (χ4v) is 1.41. The molecule has 100 valence electrons. The third-order valence-corrected chi connectivity index (χ3v) is 2.17. The summed E-state index contributed by atoms with van der Waals surface area (Å²) in [4.78, 5) is 15.5. The minimum Gasteiger partial charge on any atom is -0.443 e. The van der Waals surface area contributed by atoms with E-state index < -0.39 is 12.2 Å². The van der Waals surface area contributed by atoms with Gasteiger partial charge >= 0.3 is 6.09 Å². The van der Waals surface area contributed by atoms with Gasteiger partial charge in [-0.25, -0.2) is 4.79 Å². The van der Waals surface area contributed by atoms with Crippen molar-refractivity contribution in [3.05, 3.63) is 30.1 Å². The molecule has 2 N–H and O–H groups in total. The number of ether oxygens (including phenoxy) is 1. The molecular formula is C13H20N2O3. The van der Waals surface area contributed by atoms with Gasteiger partial charge in [-0.15, -0.1) is 0 Å². The standard InChI is InChI=1S/C13H20N2O3/c1-13(2,3)15-12(17)18-11(9-16)8-10-4-6-14-7-5-10/h4-7,11,16H,8-9H2,1-3H3,(H,15,17). The quantitative estimate of drug-likeness (QED) is 0.852. The zero-order valence-corrected chi connectivity index (χ0v) is 11.0.